The molecule has 1 atom stereocenters. The summed E-state index contributed by atoms with van der Waals surface area (Å²) in [5.41, 5.74) is 0.813. The van der Waals surface area contributed by atoms with Gasteiger partial charge in [0.2, 0.25) is 0 Å². The number of carbonyl (C=O) groups excluding carboxylic acids is 1. The maximum Gasteiger partial charge on any atom is 0.266 e. The minimum atomic E-state index is -3.09. The summed E-state index contributed by atoms with van der Waals surface area (Å²) in [6.07, 6.45) is 2.20. The van der Waals surface area contributed by atoms with E-state index < -0.39 is 9.84 Å². The second kappa shape index (κ2) is 7.69. The predicted octanol–water partition coefficient (Wildman–Crippen LogP) is 3.87. The quantitative estimate of drug-likeness (QED) is 0.541. The first-order chi connectivity index (χ1) is 13.4. The van der Waals surface area contributed by atoms with Crippen LogP contribution in [0.3, 0.4) is 0 Å². The minimum absolute atomic E-state index is 0.0207. The van der Waals surface area contributed by atoms with Gasteiger partial charge < -0.3 is 4.74 Å². The molecule has 2 aliphatic heterocycles. The van der Waals surface area contributed by atoms with Crippen LogP contribution in [0.2, 0.25) is 0 Å². The van der Waals surface area contributed by atoms with Gasteiger partial charge in [-0.2, -0.15) is 0 Å². The Hall–Kier alpha value is -2.16. The van der Waals surface area contributed by atoms with E-state index in [1.165, 1.54) is 16.7 Å². The Labute approximate surface area is 173 Å². The number of nitrogens with zero attached hydrogens (tertiary/aromatic N) is 1. The third kappa shape index (κ3) is 4.14. The summed E-state index contributed by atoms with van der Waals surface area (Å²) < 4.78 is 29.8. The number of para-hydroxylation sites is 1. The van der Waals surface area contributed by atoms with E-state index in [9.17, 15) is 13.2 Å². The molecule has 144 valence electrons. The van der Waals surface area contributed by atoms with Crippen molar-refractivity contribution in [3.05, 3.63) is 65.1 Å². The molecule has 2 aromatic rings. The summed E-state index contributed by atoms with van der Waals surface area (Å²) in [4.78, 5) is 14.8. The number of amides is 1. The molecule has 0 N–H and O–H groups in total. The largest absolute Gasteiger partial charge is 0.457 e. The van der Waals surface area contributed by atoms with E-state index in [0.29, 0.717) is 21.4 Å². The van der Waals surface area contributed by atoms with Crippen LogP contribution in [0.4, 0.5) is 0 Å². The summed E-state index contributed by atoms with van der Waals surface area (Å²) >= 11 is 6.55. The number of benzene rings is 2. The molecule has 0 aliphatic carbocycles. The lowest BCUT2D eigenvalue weighted by atomic mass is 10.2. The molecule has 0 unspecified atom stereocenters. The van der Waals surface area contributed by atoms with E-state index in [2.05, 4.69) is 0 Å². The summed E-state index contributed by atoms with van der Waals surface area (Å²) in [6, 6.07) is 16.5. The number of ether oxygens (including phenoxy) is 1. The molecule has 0 aromatic heterocycles. The predicted molar refractivity (Wildman–Crippen MR) is 115 cm³/mol. The first-order valence-corrected chi connectivity index (χ1v) is 11.8. The van der Waals surface area contributed by atoms with Gasteiger partial charge in [-0.1, -0.05) is 54.3 Å². The standard InChI is InChI=1S/C20H17NO4S3/c22-19-18(27-20(26)21(19)15-9-10-28(23,24)13-15)12-14-5-4-8-17(11-14)25-16-6-2-1-3-7-16/h1-8,11-12,15H,9-10,13H2/b18-12+/t15-/m1/s1. The number of carbonyl (C=O) groups is 1. The van der Waals surface area contributed by atoms with Crippen LogP contribution < -0.4 is 4.74 Å². The highest BCUT2D eigenvalue weighted by molar-refractivity contribution is 8.26. The summed E-state index contributed by atoms with van der Waals surface area (Å²) in [5, 5.41) is 0. The summed E-state index contributed by atoms with van der Waals surface area (Å²) in [7, 11) is -3.09. The average Bonchev–Trinajstić information content (AvgIpc) is 3.14. The molecule has 0 saturated carbocycles. The van der Waals surface area contributed by atoms with Crippen molar-refractivity contribution in [2.75, 3.05) is 11.5 Å². The van der Waals surface area contributed by atoms with Gasteiger partial charge in [-0.15, -0.1) is 0 Å². The fourth-order valence-corrected chi connectivity index (χ4v) is 6.32. The van der Waals surface area contributed by atoms with Gasteiger partial charge >= 0.3 is 0 Å². The van der Waals surface area contributed by atoms with E-state index in [1.54, 1.807) is 6.08 Å². The fraction of sp³-hybridized carbons (Fsp3) is 0.200. The number of thiocarbonyl (C=S) groups is 1. The number of thioether (sulfide) groups is 1. The summed E-state index contributed by atoms with van der Waals surface area (Å²) in [6.45, 7) is 0. The van der Waals surface area contributed by atoms with Gasteiger partial charge in [-0.05, 0) is 42.3 Å². The Morgan fingerprint density at radius 3 is 2.57 bits per heavy atom. The van der Waals surface area contributed by atoms with Crippen LogP contribution in [0.1, 0.15) is 12.0 Å². The van der Waals surface area contributed by atoms with E-state index in [1.807, 2.05) is 54.6 Å². The van der Waals surface area contributed by atoms with Crippen LogP contribution in [-0.4, -0.2) is 41.1 Å². The van der Waals surface area contributed by atoms with Crippen LogP contribution >= 0.6 is 24.0 Å². The lowest BCUT2D eigenvalue weighted by Crippen LogP contribution is -2.39. The van der Waals surface area contributed by atoms with Crippen LogP contribution in [0.25, 0.3) is 6.08 Å². The molecule has 2 saturated heterocycles. The molecule has 8 heteroatoms. The van der Waals surface area contributed by atoms with Crippen molar-refractivity contribution < 1.29 is 17.9 Å². The van der Waals surface area contributed by atoms with Crippen molar-refractivity contribution in [1.82, 2.24) is 4.90 Å². The molecule has 0 bridgehead atoms. The topological polar surface area (TPSA) is 63.7 Å². The molecule has 4 rings (SSSR count). The zero-order valence-electron chi connectivity index (χ0n) is 14.8. The maximum absolute atomic E-state index is 12.8. The van der Waals surface area contributed by atoms with Gasteiger partial charge in [0.25, 0.3) is 5.91 Å². The second-order valence-corrected chi connectivity index (χ2v) is 10.5. The Balaban J connectivity index is 1.54. The van der Waals surface area contributed by atoms with Crippen molar-refractivity contribution >= 4 is 50.1 Å². The summed E-state index contributed by atoms with van der Waals surface area (Å²) in [5.74, 6) is 1.25. The normalized spacial score (nSPS) is 22.8. The Morgan fingerprint density at radius 2 is 1.86 bits per heavy atom. The van der Waals surface area contributed by atoms with Crippen LogP contribution in [0, 0.1) is 0 Å². The smallest absolute Gasteiger partial charge is 0.266 e. The molecule has 2 fully saturated rings. The molecule has 5 nitrogen and oxygen atoms in total. The van der Waals surface area contributed by atoms with Gasteiger partial charge in [-0.3, -0.25) is 9.69 Å². The van der Waals surface area contributed by atoms with E-state index in [0.717, 1.165) is 11.3 Å². The van der Waals surface area contributed by atoms with E-state index >= 15 is 0 Å². The SMILES string of the molecule is O=C1/C(=C\c2cccc(Oc3ccccc3)c2)SC(=S)N1[C@@H]1CCS(=O)(=O)C1. The van der Waals surface area contributed by atoms with Gasteiger partial charge in [0.1, 0.15) is 15.8 Å². The molecular formula is C20H17NO4S3. The lowest BCUT2D eigenvalue weighted by Gasteiger charge is -2.20. The van der Waals surface area contributed by atoms with Crippen LogP contribution in [0.5, 0.6) is 11.5 Å². The average molecular weight is 432 g/mol. The third-order valence-corrected chi connectivity index (χ3v) is 7.61. The number of rotatable bonds is 4. The van der Waals surface area contributed by atoms with Crippen LogP contribution in [-0.2, 0) is 14.6 Å². The number of hydrogen-bond acceptors (Lipinski definition) is 6. The molecule has 2 aliphatic rings. The maximum atomic E-state index is 12.8. The van der Waals surface area contributed by atoms with E-state index in [4.69, 9.17) is 17.0 Å². The molecule has 2 aromatic carbocycles. The Morgan fingerprint density at radius 1 is 1.11 bits per heavy atom. The highest BCUT2D eigenvalue weighted by atomic mass is 32.2. The Bertz CT molecular complexity index is 1060. The highest BCUT2D eigenvalue weighted by Crippen LogP contribution is 2.36. The first-order valence-electron chi connectivity index (χ1n) is 8.72. The van der Waals surface area contributed by atoms with Crippen molar-refractivity contribution in [1.29, 1.82) is 0 Å². The first kappa shape index (κ1) is 19.2. The molecule has 0 radical (unpaired) electrons. The minimum Gasteiger partial charge on any atom is -0.457 e. The zero-order valence-corrected chi connectivity index (χ0v) is 17.2. The monoisotopic (exact) mass is 431 g/mol. The van der Waals surface area contributed by atoms with Crippen molar-refractivity contribution in [2.45, 2.75) is 12.5 Å². The molecule has 0 spiro atoms. The third-order valence-electron chi connectivity index (χ3n) is 4.53. The zero-order chi connectivity index (χ0) is 19.7. The van der Waals surface area contributed by atoms with Gasteiger partial charge in [-0.25, -0.2) is 8.42 Å². The van der Waals surface area contributed by atoms with Gasteiger partial charge in [0, 0.05) is 0 Å². The van der Waals surface area contributed by atoms with Gasteiger partial charge in [0.15, 0.2) is 9.84 Å². The van der Waals surface area contributed by atoms with Crippen molar-refractivity contribution in [3.63, 3.8) is 0 Å². The van der Waals surface area contributed by atoms with Crippen molar-refractivity contribution in [3.8, 4) is 11.5 Å². The molecule has 2 heterocycles. The number of sulfone groups is 1. The lowest BCUT2D eigenvalue weighted by molar-refractivity contribution is -0.123. The molecule has 28 heavy (non-hydrogen) atoms. The fourth-order valence-electron chi connectivity index (χ4n) is 3.22. The molecule has 1 amide bonds. The van der Waals surface area contributed by atoms with Gasteiger partial charge in [0.05, 0.1) is 22.5 Å². The number of hydrogen-bond donors (Lipinski definition) is 0. The van der Waals surface area contributed by atoms with E-state index in [-0.39, 0.29) is 23.5 Å². The van der Waals surface area contributed by atoms with Crippen molar-refractivity contribution in [2.24, 2.45) is 0 Å². The van der Waals surface area contributed by atoms with Crippen LogP contribution in [0.15, 0.2) is 59.5 Å². The second-order valence-electron chi connectivity index (χ2n) is 6.60. The highest BCUT2D eigenvalue weighted by Gasteiger charge is 2.42. The Kier molecular flexibility index (Phi) is 5.27. The molecular weight excluding hydrogens is 414 g/mol.